The van der Waals surface area contributed by atoms with Gasteiger partial charge in [-0.3, -0.25) is 4.79 Å². The standard InChI is InChI=1S/C17H24N2O4/c1-22-12-9-16(20)18-15-7-10-19(11-8-15)17(21)23-13-14-5-3-2-4-6-14/h2-6,15H,7-13H2,1H3,(H,18,20). The van der Waals surface area contributed by atoms with Gasteiger partial charge in [0.1, 0.15) is 6.61 Å². The third-order valence-electron chi connectivity index (χ3n) is 3.86. The summed E-state index contributed by atoms with van der Waals surface area (Å²) in [6.07, 6.45) is 1.58. The Hall–Kier alpha value is -2.08. The molecule has 0 bridgehead atoms. The molecule has 1 fully saturated rings. The number of rotatable bonds is 6. The molecular formula is C17H24N2O4. The first-order valence-electron chi connectivity index (χ1n) is 7.93. The Balaban J connectivity index is 1.67. The van der Waals surface area contributed by atoms with Crippen molar-refractivity contribution in [3.8, 4) is 0 Å². The van der Waals surface area contributed by atoms with Gasteiger partial charge in [0.15, 0.2) is 0 Å². The molecule has 1 aromatic carbocycles. The minimum atomic E-state index is -0.294. The van der Waals surface area contributed by atoms with Crippen LogP contribution in [0.1, 0.15) is 24.8 Å². The lowest BCUT2D eigenvalue weighted by atomic mass is 10.1. The van der Waals surface area contributed by atoms with Gasteiger partial charge in [0.05, 0.1) is 6.61 Å². The van der Waals surface area contributed by atoms with E-state index in [1.54, 1.807) is 12.0 Å². The van der Waals surface area contributed by atoms with E-state index in [0.717, 1.165) is 18.4 Å². The van der Waals surface area contributed by atoms with Crippen molar-refractivity contribution < 1.29 is 19.1 Å². The highest BCUT2D eigenvalue weighted by atomic mass is 16.6. The van der Waals surface area contributed by atoms with E-state index >= 15 is 0 Å². The Kier molecular flexibility index (Phi) is 6.87. The summed E-state index contributed by atoms with van der Waals surface area (Å²) in [7, 11) is 1.58. The number of carbonyl (C=O) groups excluding carboxylic acids is 2. The van der Waals surface area contributed by atoms with Crippen LogP contribution in [0, 0.1) is 0 Å². The average Bonchev–Trinajstić information content (AvgIpc) is 2.59. The first-order valence-corrected chi connectivity index (χ1v) is 7.93. The summed E-state index contributed by atoms with van der Waals surface area (Å²) in [6.45, 7) is 1.91. The van der Waals surface area contributed by atoms with Crippen molar-refractivity contribution in [2.24, 2.45) is 0 Å². The highest BCUT2D eigenvalue weighted by molar-refractivity contribution is 5.76. The molecule has 6 heteroatoms. The molecule has 23 heavy (non-hydrogen) atoms. The minimum absolute atomic E-state index is 0.00282. The molecule has 1 saturated heterocycles. The van der Waals surface area contributed by atoms with Gasteiger partial charge in [0.2, 0.25) is 5.91 Å². The van der Waals surface area contributed by atoms with Crippen LogP contribution in [0.15, 0.2) is 30.3 Å². The minimum Gasteiger partial charge on any atom is -0.445 e. The van der Waals surface area contributed by atoms with Gasteiger partial charge in [-0.2, -0.15) is 0 Å². The summed E-state index contributed by atoms with van der Waals surface area (Å²) in [4.78, 5) is 25.4. The highest BCUT2D eigenvalue weighted by Crippen LogP contribution is 2.12. The second-order valence-corrected chi connectivity index (χ2v) is 5.61. The van der Waals surface area contributed by atoms with Gasteiger partial charge < -0.3 is 19.7 Å². The SMILES string of the molecule is COCCC(=O)NC1CCN(C(=O)OCc2ccccc2)CC1. The second-order valence-electron chi connectivity index (χ2n) is 5.61. The zero-order valence-corrected chi connectivity index (χ0v) is 13.5. The number of methoxy groups -OCH3 is 1. The Morgan fingerprint density at radius 2 is 1.91 bits per heavy atom. The predicted molar refractivity (Wildman–Crippen MR) is 85.9 cm³/mol. The summed E-state index contributed by atoms with van der Waals surface area (Å²) >= 11 is 0. The van der Waals surface area contributed by atoms with E-state index in [9.17, 15) is 9.59 Å². The Morgan fingerprint density at radius 1 is 1.22 bits per heavy atom. The fourth-order valence-electron chi connectivity index (χ4n) is 2.51. The lowest BCUT2D eigenvalue weighted by molar-refractivity contribution is -0.122. The number of likely N-dealkylation sites (tertiary alicyclic amines) is 1. The topological polar surface area (TPSA) is 67.9 Å². The molecular weight excluding hydrogens is 296 g/mol. The number of nitrogens with zero attached hydrogens (tertiary/aromatic N) is 1. The van der Waals surface area contributed by atoms with Crippen molar-refractivity contribution in [1.29, 1.82) is 0 Å². The molecule has 0 saturated carbocycles. The van der Waals surface area contributed by atoms with E-state index in [-0.39, 0.29) is 24.6 Å². The van der Waals surface area contributed by atoms with Crippen molar-refractivity contribution in [3.05, 3.63) is 35.9 Å². The van der Waals surface area contributed by atoms with Crippen molar-refractivity contribution in [3.63, 3.8) is 0 Å². The monoisotopic (exact) mass is 320 g/mol. The van der Waals surface area contributed by atoms with Gasteiger partial charge in [-0.05, 0) is 18.4 Å². The highest BCUT2D eigenvalue weighted by Gasteiger charge is 2.24. The van der Waals surface area contributed by atoms with E-state index in [2.05, 4.69) is 5.32 Å². The number of piperidine rings is 1. The number of benzene rings is 1. The number of amides is 2. The molecule has 1 aromatic rings. The van der Waals surface area contributed by atoms with Crippen LogP contribution in [0.3, 0.4) is 0 Å². The molecule has 1 aliphatic rings. The smallest absolute Gasteiger partial charge is 0.410 e. The molecule has 0 spiro atoms. The molecule has 0 aromatic heterocycles. The van der Waals surface area contributed by atoms with Gasteiger partial charge in [-0.15, -0.1) is 0 Å². The second kappa shape index (κ2) is 9.15. The van der Waals surface area contributed by atoms with Gasteiger partial charge in [-0.1, -0.05) is 30.3 Å². The third-order valence-corrected chi connectivity index (χ3v) is 3.86. The van der Waals surface area contributed by atoms with E-state index in [1.807, 2.05) is 30.3 Å². The van der Waals surface area contributed by atoms with Crippen LogP contribution < -0.4 is 5.32 Å². The molecule has 126 valence electrons. The number of nitrogens with one attached hydrogen (secondary N) is 1. The molecule has 2 amide bonds. The maximum atomic E-state index is 12.0. The lowest BCUT2D eigenvalue weighted by Gasteiger charge is -2.31. The zero-order chi connectivity index (χ0) is 16.5. The van der Waals surface area contributed by atoms with Crippen LogP contribution in [0.5, 0.6) is 0 Å². The van der Waals surface area contributed by atoms with E-state index in [0.29, 0.717) is 26.1 Å². The van der Waals surface area contributed by atoms with Crippen molar-refractivity contribution in [2.45, 2.75) is 31.9 Å². The molecule has 0 atom stereocenters. The van der Waals surface area contributed by atoms with Crippen LogP contribution in [-0.2, 0) is 20.9 Å². The normalized spacial score (nSPS) is 15.3. The molecule has 0 aliphatic carbocycles. The quantitative estimate of drug-likeness (QED) is 0.870. The van der Waals surface area contributed by atoms with Crippen molar-refractivity contribution >= 4 is 12.0 Å². The molecule has 0 radical (unpaired) electrons. The van der Waals surface area contributed by atoms with Crippen LogP contribution in [0.2, 0.25) is 0 Å². The predicted octanol–water partition coefficient (Wildman–Crippen LogP) is 1.94. The van der Waals surface area contributed by atoms with E-state index in [1.165, 1.54) is 0 Å². The van der Waals surface area contributed by atoms with Crippen LogP contribution in [-0.4, -0.2) is 49.7 Å². The fourth-order valence-corrected chi connectivity index (χ4v) is 2.51. The van der Waals surface area contributed by atoms with Crippen molar-refractivity contribution in [2.75, 3.05) is 26.8 Å². The molecule has 1 N–H and O–H groups in total. The lowest BCUT2D eigenvalue weighted by Crippen LogP contribution is -2.46. The third kappa shape index (κ3) is 5.90. The Bertz CT molecular complexity index is 499. The van der Waals surface area contributed by atoms with E-state index in [4.69, 9.17) is 9.47 Å². The van der Waals surface area contributed by atoms with Gasteiger partial charge >= 0.3 is 6.09 Å². The Morgan fingerprint density at radius 3 is 2.57 bits per heavy atom. The zero-order valence-electron chi connectivity index (χ0n) is 13.5. The number of carbonyl (C=O) groups is 2. The average molecular weight is 320 g/mol. The molecule has 1 aliphatic heterocycles. The fraction of sp³-hybridized carbons (Fsp3) is 0.529. The van der Waals surface area contributed by atoms with Gasteiger partial charge in [-0.25, -0.2) is 4.79 Å². The summed E-state index contributed by atoms with van der Waals surface area (Å²) in [5.74, 6) is -0.00282. The molecule has 1 heterocycles. The summed E-state index contributed by atoms with van der Waals surface area (Å²) < 4.78 is 10.2. The maximum absolute atomic E-state index is 12.0. The molecule has 2 rings (SSSR count). The first-order chi connectivity index (χ1) is 11.2. The summed E-state index contributed by atoms with van der Waals surface area (Å²) in [5, 5.41) is 2.97. The van der Waals surface area contributed by atoms with Crippen molar-refractivity contribution in [1.82, 2.24) is 10.2 Å². The van der Waals surface area contributed by atoms with E-state index < -0.39 is 0 Å². The van der Waals surface area contributed by atoms with Crippen LogP contribution in [0.25, 0.3) is 0 Å². The molecule has 6 nitrogen and oxygen atoms in total. The van der Waals surface area contributed by atoms with Gasteiger partial charge in [0.25, 0.3) is 0 Å². The van der Waals surface area contributed by atoms with Gasteiger partial charge in [0, 0.05) is 32.7 Å². The summed E-state index contributed by atoms with van der Waals surface area (Å²) in [5.41, 5.74) is 0.973. The van der Waals surface area contributed by atoms with Crippen LogP contribution in [0.4, 0.5) is 4.79 Å². The Labute approximate surface area is 136 Å². The number of hydrogen-bond acceptors (Lipinski definition) is 4. The molecule has 0 unspecified atom stereocenters. The van der Waals surface area contributed by atoms with Crippen LogP contribution >= 0.6 is 0 Å². The number of ether oxygens (including phenoxy) is 2. The largest absolute Gasteiger partial charge is 0.445 e. The first kappa shape index (κ1) is 17.3. The maximum Gasteiger partial charge on any atom is 0.410 e. The summed E-state index contributed by atoms with van der Waals surface area (Å²) in [6, 6.07) is 9.74. The number of hydrogen-bond donors (Lipinski definition) is 1.